The average Bonchev–Trinajstić information content (AvgIpc) is 2.88. The van der Waals surface area contributed by atoms with E-state index in [9.17, 15) is 0 Å². The molecule has 1 aliphatic heterocycles. The number of hydrogen-bond acceptors (Lipinski definition) is 5. The number of hydrogen-bond donors (Lipinski definition) is 1. The lowest BCUT2D eigenvalue weighted by molar-refractivity contribution is 0.666. The molecule has 1 aliphatic rings. The van der Waals surface area contributed by atoms with E-state index in [0.717, 1.165) is 40.5 Å². The van der Waals surface area contributed by atoms with Crippen LogP contribution in [0.15, 0.2) is 41.3 Å². The summed E-state index contributed by atoms with van der Waals surface area (Å²) in [5.41, 5.74) is 5.64. The normalized spacial score (nSPS) is 16.7. The SMILES string of the molecule is CCn1nc(-c2ccncn2)c2c1NCCSC2c1ccc(Br)cc1C. The van der Waals surface area contributed by atoms with Crippen molar-refractivity contribution in [2.75, 3.05) is 17.6 Å². The molecule has 1 N–H and O–H groups in total. The highest BCUT2D eigenvalue weighted by molar-refractivity contribution is 9.10. The summed E-state index contributed by atoms with van der Waals surface area (Å²) in [5.74, 6) is 2.15. The van der Waals surface area contributed by atoms with Gasteiger partial charge in [-0.25, -0.2) is 14.6 Å². The summed E-state index contributed by atoms with van der Waals surface area (Å²) < 4.78 is 3.16. The zero-order chi connectivity index (χ0) is 18.1. The molecule has 7 heteroatoms. The van der Waals surface area contributed by atoms with E-state index in [1.807, 2.05) is 17.8 Å². The standard InChI is InChI=1S/C19H20BrN5S/c1-3-25-19-16(17(24-25)15-6-7-21-11-23-15)18(26-9-8-22-19)14-5-4-13(20)10-12(14)2/h4-7,10-11,18,22H,3,8-9H2,1-2H3. The Kier molecular flexibility index (Phi) is 5.00. The van der Waals surface area contributed by atoms with E-state index in [-0.39, 0.29) is 5.25 Å². The van der Waals surface area contributed by atoms with Crippen molar-refractivity contribution in [1.29, 1.82) is 0 Å². The van der Waals surface area contributed by atoms with Crippen LogP contribution in [0.5, 0.6) is 0 Å². The molecule has 134 valence electrons. The summed E-state index contributed by atoms with van der Waals surface area (Å²) >= 11 is 5.54. The predicted octanol–water partition coefficient (Wildman–Crippen LogP) is 4.68. The number of aromatic nitrogens is 4. The van der Waals surface area contributed by atoms with Crippen LogP contribution in [-0.2, 0) is 6.54 Å². The van der Waals surface area contributed by atoms with Crippen LogP contribution in [0.3, 0.4) is 0 Å². The minimum Gasteiger partial charge on any atom is -0.369 e. The average molecular weight is 430 g/mol. The minimum atomic E-state index is 0.221. The maximum atomic E-state index is 4.89. The van der Waals surface area contributed by atoms with E-state index in [1.54, 1.807) is 12.5 Å². The highest BCUT2D eigenvalue weighted by atomic mass is 79.9. The molecule has 1 atom stereocenters. The lowest BCUT2D eigenvalue weighted by Gasteiger charge is -2.19. The Morgan fingerprint density at radius 2 is 2.23 bits per heavy atom. The van der Waals surface area contributed by atoms with Crippen molar-refractivity contribution in [2.24, 2.45) is 0 Å². The number of nitrogens with one attached hydrogen (secondary N) is 1. The molecule has 0 bridgehead atoms. The number of aryl methyl sites for hydroxylation is 2. The van der Waals surface area contributed by atoms with Crippen molar-refractivity contribution in [2.45, 2.75) is 25.6 Å². The zero-order valence-corrected chi connectivity index (χ0v) is 17.1. The van der Waals surface area contributed by atoms with E-state index in [2.05, 4.69) is 67.9 Å². The first-order valence-electron chi connectivity index (χ1n) is 8.67. The summed E-state index contributed by atoms with van der Waals surface area (Å²) in [4.78, 5) is 8.53. The number of thioether (sulfide) groups is 1. The number of halogens is 1. The summed E-state index contributed by atoms with van der Waals surface area (Å²) in [6.45, 7) is 6.04. The number of anilines is 1. The molecule has 1 unspecified atom stereocenters. The van der Waals surface area contributed by atoms with Gasteiger partial charge in [0.05, 0.1) is 10.9 Å². The largest absolute Gasteiger partial charge is 0.369 e. The molecule has 1 aromatic carbocycles. The molecule has 0 saturated heterocycles. The van der Waals surface area contributed by atoms with Gasteiger partial charge in [-0.3, -0.25) is 0 Å². The van der Waals surface area contributed by atoms with E-state index in [4.69, 9.17) is 5.10 Å². The first kappa shape index (κ1) is 17.5. The first-order chi connectivity index (χ1) is 12.7. The summed E-state index contributed by atoms with van der Waals surface area (Å²) in [7, 11) is 0. The van der Waals surface area contributed by atoms with Crippen molar-refractivity contribution >= 4 is 33.5 Å². The molecule has 4 rings (SSSR count). The minimum absolute atomic E-state index is 0.221. The molecule has 26 heavy (non-hydrogen) atoms. The van der Waals surface area contributed by atoms with Crippen LogP contribution in [-0.4, -0.2) is 32.0 Å². The van der Waals surface area contributed by atoms with Gasteiger partial charge in [0.15, 0.2) is 0 Å². The highest BCUT2D eigenvalue weighted by Gasteiger charge is 2.30. The van der Waals surface area contributed by atoms with Crippen LogP contribution in [0, 0.1) is 6.92 Å². The van der Waals surface area contributed by atoms with E-state index >= 15 is 0 Å². The quantitative estimate of drug-likeness (QED) is 0.654. The predicted molar refractivity (Wildman–Crippen MR) is 111 cm³/mol. The Hall–Kier alpha value is -1.86. The van der Waals surface area contributed by atoms with Gasteiger partial charge >= 0.3 is 0 Å². The fourth-order valence-corrected chi connectivity index (χ4v) is 5.13. The zero-order valence-electron chi connectivity index (χ0n) is 14.7. The second-order valence-corrected chi connectivity index (χ2v) is 8.33. The summed E-state index contributed by atoms with van der Waals surface area (Å²) in [5, 5.41) is 8.70. The van der Waals surface area contributed by atoms with Crippen LogP contribution in [0.2, 0.25) is 0 Å². The van der Waals surface area contributed by atoms with Gasteiger partial charge in [-0.2, -0.15) is 5.10 Å². The van der Waals surface area contributed by atoms with Crippen molar-refractivity contribution in [1.82, 2.24) is 19.7 Å². The van der Waals surface area contributed by atoms with Crippen LogP contribution in [0.1, 0.15) is 28.9 Å². The number of nitrogens with zero attached hydrogens (tertiary/aromatic N) is 4. The molecule has 0 aliphatic carbocycles. The smallest absolute Gasteiger partial charge is 0.129 e. The third kappa shape index (κ3) is 3.14. The fourth-order valence-electron chi connectivity index (χ4n) is 3.37. The van der Waals surface area contributed by atoms with E-state index in [0.29, 0.717) is 0 Å². The maximum Gasteiger partial charge on any atom is 0.129 e. The van der Waals surface area contributed by atoms with Crippen LogP contribution < -0.4 is 5.32 Å². The van der Waals surface area contributed by atoms with Gasteiger partial charge in [-0.05, 0) is 43.2 Å². The summed E-state index contributed by atoms with van der Waals surface area (Å²) in [6, 6.07) is 8.46. The molecule has 0 fully saturated rings. The lowest BCUT2D eigenvalue weighted by atomic mass is 9.98. The molecule has 0 spiro atoms. The topological polar surface area (TPSA) is 55.6 Å². The van der Waals surface area contributed by atoms with Crippen LogP contribution in [0.4, 0.5) is 5.82 Å². The van der Waals surface area contributed by atoms with Gasteiger partial charge in [0.25, 0.3) is 0 Å². The third-order valence-corrected chi connectivity index (χ3v) is 6.32. The van der Waals surface area contributed by atoms with Gasteiger partial charge in [0, 0.05) is 35.1 Å². The second kappa shape index (κ2) is 7.40. The molecule has 5 nitrogen and oxygen atoms in total. The molecular weight excluding hydrogens is 410 g/mol. The number of benzene rings is 1. The lowest BCUT2D eigenvalue weighted by Crippen LogP contribution is -2.08. The van der Waals surface area contributed by atoms with Gasteiger partial charge < -0.3 is 5.32 Å². The fraction of sp³-hybridized carbons (Fsp3) is 0.316. The Morgan fingerprint density at radius 3 is 2.96 bits per heavy atom. The highest BCUT2D eigenvalue weighted by Crippen LogP contribution is 2.46. The van der Waals surface area contributed by atoms with E-state index in [1.165, 1.54) is 16.7 Å². The Morgan fingerprint density at radius 1 is 1.35 bits per heavy atom. The number of fused-ring (bicyclic) bond motifs is 1. The van der Waals surface area contributed by atoms with Crippen molar-refractivity contribution in [3.8, 4) is 11.4 Å². The monoisotopic (exact) mass is 429 g/mol. The Balaban J connectivity index is 1.94. The molecule has 3 aromatic rings. The van der Waals surface area contributed by atoms with Crippen LogP contribution >= 0.6 is 27.7 Å². The van der Waals surface area contributed by atoms with E-state index < -0.39 is 0 Å². The van der Waals surface area contributed by atoms with Crippen molar-refractivity contribution in [3.05, 3.63) is 58.0 Å². The molecular formula is C19H20BrN5S. The number of rotatable bonds is 3. The van der Waals surface area contributed by atoms with Gasteiger partial charge in [0.1, 0.15) is 17.8 Å². The molecule has 0 amide bonds. The first-order valence-corrected chi connectivity index (χ1v) is 10.5. The third-order valence-electron chi connectivity index (χ3n) is 4.57. The van der Waals surface area contributed by atoms with Crippen molar-refractivity contribution < 1.29 is 0 Å². The molecule has 3 heterocycles. The molecule has 0 radical (unpaired) electrons. The molecule has 2 aromatic heterocycles. The van der Waals surface area contributed by atoms with Crippen molar-refractivity contribution in [3.63, 3.8) is 0 Å². The Bertz CT molecular complexity index is 925. The van der Waals surface area contributed by atoms with Gasteiger partial charge in [0.2, 0.25) is 0 Å². The second-order valence-electron chi connectivity index (χ2n) is 6.20. The van der Waals surface area contributed by atoms with Crippen LogP contribution in [0.25, 0.3) is 11.4 Å². The molecule has 0 saturated carbocycles. The summed E-state index contributed by atoms with van der Waals surface area (Å²) in [6.07, 6.45) is 3.36. The maximum absolute atomic E-state index is 4.89. The van der Waals surface area contributed by atoms with Gasteiger partial charge in [-0.1, -0.05) is 22.0 Å². The Labute approximate surface area is 165 Å². The van der Waals surface area contributed by atoms with Gasteiger partial charge in [-0.15, -0.1) is 11.8 Å².